The van der Waals surface area contributed by atoms with Gasteiger partial charge in [0.15, 0.2) is 6.10 Å². The molecule has 2 atom stereocenters. The van der Waals surface area contributed by atoms with Gasteiger partial charge in [-0.15, -0.1) is 0 Å². The zero-order chi connectivity index (χ0) is 43.2. The van der Waals surface area contributed by atoms with E-state index in [1.807, 2.05) is 0 Å². The van der Waals surface area contributed by atoms with Crippen molar-refractivity contribution in [1.82, 2.24) is 0 Å². The van der Waals surface area contributed by atoms with E-state index in [0.717, 1.165) is 89.9 Å². The molecular formula is C49H80NO8P. The van der Waals surface area contributed by atoms with Crippen LogP contribution in [-0.4, -0.2) is 49.3 Å². The molecule has 0 aliphatic carbocycles. The van der Waals surface area contributed by atoms with Gasteiger partial charge in [0.25, 0.3) is 0 Å². The first-order chi connectivity index (χ1) is 28.8. The molecule has 9 nitrogen and oxygen atoms in total. The van der Waals surface area contributed by atoms with E-state index in [0.29, 0.717) is 12.8 Å². The normalized spacial score (nSPS) is 14.3. The molecule has 0 aromatic heterocycles. The van der Waals surface area contributed by atoms with E-state index < -0.39 is 32.5 Å². The highest BCUT2D eigenvalue weighted by molar-refractivity contribution is 7.47. The minimum atomic E-state index is -4.40. The molecule has 334 valence electrons. The van der Waals surface area contributed by atoms with Crippen LogP contribution in [0.4, 0.5) is 0 Å². The first kappa shape index (κ1) is 55.7. The topological polar surface area (TPSA) is 134 Å². The zero-order valence-electron chi connectivity index (χ0n) is 36.7. The Kier molecular flexibility index (Phi) is 41.7. The summed E-state index contributed by atoms with van der Waals surface area (Å²) in [5, 5.41) is 0. The Morgan fingerprint density at radius 2 is 0.932 bits per heavy atom. The Morgan fingerprint density at radius 1 is 0.525 bits per heavy atom. The van der Waals surface area contributed by atoms with Gasteiger partial charge in [0.1, 0.15) is 6.61 Å². The van der Waals surface area contributed by atoms with Gasteiger partial charge < -0.3 is 20.1 Å². The SMILES string of the molecule is CCC=CCC=CCC=CCC=CCC=CCCCCCC(=O)O[C@H](COC(=O)CCCCCC=CCC=CCC=CCC=CCCCCC)COP(=O)(O)OCCN. The third-order valence-corrected chi connectivity index (χ3v) is 9.63. The van der Waals surface area contributed by atoms with Gasteiger partial charge in [-0.25, -0.2) is 4.57 Å². The summed E-state index contributed by atoms with van der Waals surface area (Å²) < 4.78 is 32.7. The average Bonchev–Trinajstić information content (AvgIpc) is 3.22. The van der Waals surface area contributed by atoms with E-state index in [1.165, 1.54) is 25.7 Å². The van der Waals surface area contributed by atoms with Crippen LogP contribution in [0, 0.1) is 0 Å². The van der Waals surface area contributed by atoms with Gasteiger partial charge in [-0.1, -0.05) is 149 Å². The highest BCUT2D eigenvalue weighted by atomic mass is 31.2. The molecule has 0 aliphatic heterocycles. The van der Waals surface area contributed by atoms with Crippen molar-refractivity contribution in [3.05, 3.63) is 109 Å². The number of unbranched alkanes of at least 4 members (excludes halogenated alkanes) is 9. The van der Waals surface area contributed by atoms with Crippen LogP contribution >= 0.6 is 7.82 Å². The second-order valence-corrected chi connectivity index (χ2v) is 15.6. The Labute approximate surface area is 359 Å². The van der Waals surface area contributed by atoms with Crippen LogP contribution in [0.1, 0.15) is 155 Å². The van der Waals surface area contributed by atoms with E-state index in [-0.39, 0.29) is 32.6 Å². The molecule has 0 radical (unpaired) electrons. The molecule has 0 heterocycles. The molecule has 0 aliphatic rings. The summed E-state index contributed by atoms with van der Waals surface area (Å²) in [6, 6.07) is 0. The lowest BCUT2D eigenvalue weighted by Crippen LogP contribution is -2.29. The predicted octanol–water partition coefficient (Wildman–Crippen LogP) is 13.2. The van der Waals surface area contributed by atoms with Crippen LogP contribution in [0.5, 0.6) is 0 Å². The quantitative estimate of drug-likeness (QED) is 0.0267. The number of carbonyl (C=O) groups is 2. The first-order valence-corrected chi connectivity index (χ1v) is 23.9. The minimum absolute atomic E-state index is 0.0363. The van der Waals surface area contributed by atoms with Crippen LogP contribution in [0.15, 0.2) is 109 Å². The molecule has 1 unspecified atom stereocenters. The van der Waals surface area contributed by atoms with Gasteiger partial charge in [0.2, 0.25) is 0 Å². The summed E-state index contributed by atoms with van der Waals surface area (Å²) in [6.45, 7) is 3.49. The molecule has 0 rings (SSSR count). The van der Waals surface area contributed by atoms with E-state index in [1.54, 1.807) is 0 Å². The first-order valence-electron chi connectivity index (χ1n) is 22.4. The fourth-order valence-electron chi connectivity index (χ4n) is 5.35. The van der Waals surface area contributed by atoms with Crippen molar-refractivity contribution in [2.45, 2.75) is 161 Å². The molecular weight excluding hydrogens is 762 g/mol. The van der Waals surface area contributed by atoms with Crippen molar-refractivity contribution in [2.24, 2.45) is 5.73 Å². The lowest BCUT2D eigenvalue weighted by atomic mass is 10.1. The van der Waals surface area contributed by atoms with Gasteiger partial charge in [-0.3, -0.25) is 18.6 Å². The fraction of sp³-hybridized carbons (Fsp3) is 0.592. The van der Waals surface area contributed by atoms with E-state index in [9.17, 15) is 19.0 Å². The Bertz CT molecular complexity index is 1330. The van der Waals surface area contributed by atoms with Crippen molar-refractivity contribution < 1.29 is 37.6 Å². The second kappa shape index (κ2) is 44.2. The third kappa shape index (κ3) is 44.1. The van der Waals surface area contributed by atoms with Gasteiger partial charge in [-0.2, -0.15) is 0 Å². The number of phosphoric acid groups is 1. The standard InChI is InChI=1S/C49H80NO8P/c1-3-5-7-9-11-13-15-17-19-21-23-25-27-29-31-33-35-37-39-41-48(51)55-45-47(46-57-59(53,54)56-44-43-50)58-49(52)42-40-38-36-34-32-30-28-26-24-22-20-18-16-14-12-10-8-6-4-2/h6,8,11-14,17-20,23-26,29-32,47H,3-5,7,9-10,15-16,21-22,27-28,33-46,50H2,1-2H3,(H,53,54)/t47-/m1/s1. The lowest BCUT2D eigenvalue weighted by molar-refractivity contribution is -0.161. The molecule has 0 saturated heterocycles. The highest BCUT2D eigenvalue weighted by Gasteiger charge is 2.25. The molecule has 0 bridgehead atoms. The lowest BCUT2D eigenvalue weighted by Gasteiger charge is -2.19. The van der Waals surface area contributed by atoms with Gasteiger partial charge in [-0.05, 0) is 103 Å². The van der Waals surface area contributed by atoms with Crippen LogP contribution < -0.4 is 5.73 Å². The van der Waals surface area contributed by atoms with Crippen molar-refractivity contribution in [3.8, 4) is 0 Å². The maximum absolute atomic E-state index is 12.6. The van der Waals surface area contributed by atoms with E-state index in [4.69, 9.17) is 24.3 Å². The molecule has 3 N–H and O–H groups in total. The molecule has 0 aromatic carbocycles. The summed E-state index contributed by atoms with van der Waals surface area (Å²) in [7, 11) is -4.40. The largest absolute Gasteiger partial charge is 0.472 e. The molecule has 10 heteroatoms. The maximum Gasteiger partial charge on any atom is 0.472 e. The van der Waals surface area contributed by atoms with Crippen LogP contribution in [0.3, 0.4) is 0 Å². The average molecular weight is 842 g/mol. The molecule has 0 amide bonds. The summed E-state index contributed by atoms with van der Waals surface area (Å²) in [5.74, 6) is -0.914. The van der Waals surface area contributed by atoms with Gasteiger partial charge >= 0.3 is 19.8 Å². The highest BCUT2D eigenvalue weighted by Crippen LogP contribution is 2.43. The van der Waals surface area contributed by atoms with Crippen molar-refractivity contribution >= 4 is 19.8 Å². The number of rotatable bonds is 40. The number of hydrogen-bond donors (Lipinski definition) is 2. The summed E-state index contributed by atoms with van der Waals surface area (Å²) in [4.78, 5) is 34.9. The van der Waals surface area contributed by atoms with Crippen LogP contribution in [0.25, 0.3) is 0 Å². The number of nitrogens with two attached hydrogens (primary N) is 1. The molecule has 0 aromatic rings. The number of hydrogen-bond acceptors (Lipinski definition) is 8. The monoisotopic (exact) mass is 842 g/mol. The van der Waals surface area contributed by atoms with Crippen LogP contribution in [-0.2, 0) is 32.7 Å². The summed E-state index contributed by atoms with van der Waals surface area (Å²) in [5.41, 5.74) is 5.35. The Morgan fingerprint density at radius 3 is 1.36 bits per heavy atom. The number of allylic oxidation sites excluding steroid dienone is 18. The number of carbonyl (C=O) groups excluding carboxylic acids is 2. The Balaban J connectivity index is 4.30. The number of phosphoric ester groups is 1. The second-order valence-electron chi connectivity index (χ2n) is 14.2. The van der Waals surface area contributed by atoms with Gasteiger partial charge in [0, 0.05) is 19.4 Å². The third-order valence-electron chi connectivity index (χ3n) is 8.64. The summed E-state index contributed by atoms with van der Waals surface area (Å²) in [6.07, 6.45) is 58.3. The molecule has 0 saturated carbocycles. The van der Waals surface area contributed by atoms with Crippen molar-refractivity contribution in [3.63, 3.8) is 0 Å². The molecule has 0 spiro atoms. The minimum Gasteiger partial charge on any atom is -0.462 e. The van der Waals surface area contributed by atoms with Crippen LogP contribution in [0.2, 0.25) is 0 Å². The zero-order valence-corrected chi connectivity index (χ0v) is 37.6. The summed E-state index contributed by atoms with van der Waals surface area (Å²) >= 11 is 0. The van der Waals surface area contributed by atoms with E-state index >= 15 is 0 Å². The van der Waals surface area contributed by atoms with Gasteiger partial charge in [0.05, 0.1) is 13.2 Å². The number of ether oxygens (including phenoxy) is 2. The van der Waals surface area contributed by atoms with E-state index in [2.05, 4.69) is 123 Å². The maximum atomic E-state index is 12.6. The van der Waals surface area contributed by atoms with Crippen molar-refractivity contribution in [1.29, 1.82) is 0 Å². The Hall–Kier alpha value is -3.33. The number of esters is 2. The fourth-order valence-corrected chi connectivity index (χ4v) is 6.11. The predicted molar refractivity (Wildman–Crippen MR) is 247 cm³/mol. The molecule has 59 heavy (non-hydrogen) atoms. The van der Waals surface area contributed by atoms with Crippen molar-refractivity contribution in [2.75, 3.05) is 26.4 Å². The molecule has 0 fully saturated rings. The smallest absolute Gasteiger partial charge is 0.462 e.